The second-order valence-corrected chi connectivity index (χ2v) is 5.30. The Kier molecular flexibility index (Phi) is 3.59. The molecule has 0 bridgehead atoms. The first-order valence-electron chi connectivity index (χ1n) is 7.15. The van der Waals surface area contributed by atoms with Crippen molar-refractivity contribution >= 4 is 5.82 Å². The smallest absolute Gasteiger partial charge is 0.126 e. The molecule has 1 aromatic carbocycles. The summed E-state index contributed by atoms with van der Waals surface area (Å²) in [6, 6.07) is 12.7. The number of aryl methyl sites for hydroxylation is 2. The van der Waals surface area contributed by atoms with E-state index in [4.69, 9.17) is 9.72 Å². The highest BCUT2D eigenvalue weighted by molar-refractivity contribution is 5.43. The van der Waals surface area contributed by atoms with Crippen molar-refractivity contribution in [3.8, 4) is 5.75 Å². The summed E-state index contributed by atoms with van der Waals surface area (Å²) in [7, 11) is 1.69. The minimum atomic E-state index is 0.229. The van der Waals surface area contributed by atoms with Crippen LogP contribution in [-0.2, 0) is 12.8 Å². The average Bonchev–Trinajstić information content (AvgIpc) is 2.95. The van der Waals surface area contributed by atoms with Gasteiger partial charge >= 0.3 is 0 Å². The topological polar surface area (TPSA) is 34.1 Å². The summed E-state index contributed by atoms with van der Waals surface area (Å²) in [5.74, 6) is 1.85. The minimum absolute atomic E-state index is 0.229. The summed E-state index contributed by atoms with van der Waals surface area (Å²) >= 11 is 0. The lowest BCUT2D eigenvalue weighted by Crippen LogP contribution is -2.08. The van der Waals surface area contributed by atoms with Gasteiger partial charge in [0.25, 0.3) is 0 Å². The number of anilines is 1. The molecule has 1 aliphatic rings. The Morgan fingerprint density at radius 1 is 1.10 bits per heavy atom. The first kappa shape index (κ1) is 13.0. The molecule has 0 spiro atoms. The van der Waals surface area contributed by atoms with Crippen molar-refractivity contribution < 1.29 is 4.74 Å². The van der Waals surface area contributed by atoms with Gasteiger partial charge in [-0.3, -0.25) is 0 Å². The van der Waals surface area contributed by atoms with E-state index in [1.54, 1.807) is 7.11 Å². The fourth-order valence-electron chi connectivity index (χ4n) is 2.70. The number of nitrogens with zero attached hydrogens (tertiary/aromatic N) is 1. The van der Waals surface area contributed by atoms with Crippen LogP contribution in [0.2, 0.25) is 0 Å². The number of pyridine rings is 1. The molecule has 0 saturated carbocycles. The molecule has 1 N–H and O–H groups in total. The molecule has 1 aliphatic carbocycles. The van der Waals surface area contributed by atoms with Gasteiger partial charge < -0.3 is 10.1 Å². The predicted octanol–water partition coefficient (Wildman–Crippen LogP) is 3.75. The molecule has 1 heterocycles. The molecule has 20 heavy (non-hydrogen) atoms. The van der Waals surface area contributed by atoms with Crippen molar-refractivity contribution in [1.29, 1.82) is 0 Å². The van der Waals surface area contributed by atoms with Crippen LogP contribution in [0.15, 0.2) is 36.4 Å². The van der Waals surface area contributed by atoms with Gasteiger partial charge in [0.2, 0.25) is 0 Å². The highest BCUT2D eigenvalue weighted by Crippen LogP contribution is 2.24. The van der Waals surface area contributed by atoms with E-state index in [2.05, 4.69) is 36.5 Å². The maximum absolute atomic E-state index is 5.18. The van der Waals surface area contributed by atoms with Gasteiger partial charge in [-0.15, -0.1) is 0 Å². The average molecular weight is 268 g/mol. The molecular formula is C17H20N2O. The number of ether oxygens (including phenoxy) is 1. The largest absolute Gasteiger partial charge is 0.497 e. The van der Waals surface area contributed by atoms with Crippen LogP contribution < -0.4 is 10.1 Å². The highest BCUT2D eigenvalue weighted by atomic mass is 16.5. The lowest BCUT2D eigenvalue weighted by Gasteiger charge is -2.16. The fourth-order valence-corrected chi connectivity index (χ4v) is 2.70. The summed E-state index contributed by atoms with van der Waals surface area (Å²) in [6.45, 7) is 2.15. The molecule has 104 valence electrons. The second kappa shape index (κ2) is 5.53. The van der Waals surface area contributed by atoms with Crippen LogP contribution in [0.3, 0.4) is 0 Å². The van der Waals surface area contributed by atoms with Crippen LogP contribution in [0.1, 0.15) is 36.2 Å². The third-order valence-corrected chi connectivity index (χ3v) is 3.91. The Balaban J connectivity index is 1.73. The maximum atomic E-state index is 5.18. The Morgan fingerprint density at radius 2 is 1.90 bits per heavy atom. The van der Waals surface area contributed by atoms with Crippen LogP contribution >= 0.6 is 0 Å². The van der Waals surface area contributed by atoms with Crippen molar-refractivity contribution in [2.24, 2.45) is 0 Å². The first-order valence-corrected chi connectivity index (χ1v) is 7.15. The molecule has 1 aromatic heterocycles. The monoisotopic (exact) mass is 268 g/mol. The fraction of sp³-hybridized carbons (Fsp3) is 0.353. The lowest BCUT2D eigenvalue weighted by molar-refractivity contribution is 0.414. The van der Waals surface area contributed by atoms with E-state index in [9.17, 15) is 0 Å². The number of hydrogen-bond donors (Lipinski definition) is 1. The van der Waals surface area contributed by atoms with Gasteiger partial charge in [0.1, 0.15) is 11.6 Å². The summed E-state index contributed by atoms with van der Waals surface area (Å²) in [4.78, 5) is 4.72. The van der Waals surface area contributed by atoms with Gasteiger partial charge in [-0.05, 0) is 55.5 Å². The van der Waals surface area contributed by atoms with Gasteiger partial charge in [-0.2, -0.15) is 0 Å². The molecule has 0 radical (unpaired) electrons. The normalized spacial score (nSPS) is 14.7. The van der Waals surface area contributed by atoms with E-state index in [0.717, 1.165) is 18.0 Å². The predicted molar refractivity (Wildman–Crippen MR) is 81.3 cm³/mol. The van der Waals surface area contributed by atoms with Gasteiger partial charge in [-0.1, -0.05) is 18.2 Å². The number of rotatable bonds is 4. The summed E-state index contributed by atoms with van der Waals surface area (Å²) in [5, 5.41) is 3.47. The zero-order chi connectivity index (χ0) is 13.9. The zero-order valence-corrected chi connectivity index (χ0v) is 12.0. The van der Waals surface area contributed by atoms with Crippen LogP contribution in [0, 0.1) is 0 Å². The van der Waals surface area contributed by atoms with Crippen molar-refractivity contribution in [3.05, 3.63) is 53.2 Å². The molecule has 3 nitrogen and oxygen atoms in total. The molecule has 0 amide bonds. The minimum Gasteiger partial charge on any atom is -0.497 e. The van der Waals surface area contributed by atoms with Crippen molar-refractivity contribution in [3.63, 3.8) is 0 Å². The number of aromatic nitrogens is 1. The number of hydrogen-bond acceptors (Lipinski definition) is 3. The Bertz CT molecular complexity index is 592. The van der Waals surface area contributed by atoms with Crippen LogP contribution in [0.25, 0.3) is 0 Å². The second-order valence-electron chi connectivity index (χ2n) is 5.30. The number of fused-ring (bicyclic) bond motifs is 1. The van der Waals surface area contributed by atoms with E-state index in [-0.39, 0.29) is 6.04 Å². The van der Waals surface area contributed by atoms with Crippen molar-refractivity contribution in [2.75, 3.05) is 12.4 Å². The van der Waals surface area contributed by atoms with Crippen molar-refractivity contribution in [1.82, 2.24) is 4.98 Å². The Hall–Kier alpha value is -2.03. The molecule has 2 aromatic rings. The van der Waals surface area contributed by atoms with Gasteiger partial charge in [0, 0.05) is 11.7 Å². The van der Waals surface area contributed by atoms with E-state index < -0.39 is 0 Å². The Labute approximate surface area is 120 Å². The zero-order valence-electron chi connectivity index (χ0n) is 12.0. The molecule has 1 atom stereocenters. The Morgan fingerprint density at radius 3 is 2.65 bits per heavy atom. The van der Waals surface area contributed by atoms with Crippen LogP contribution in [0.4, 0.5) is 5.82 Å². The summed E-state index contributed by atoms with van der Waals surface area (Å²) < 4.78 is 5.18. The molecular weight excluding hydrogens is 248 g/mol. The third-order valence-electron chi connectivity index (χ3n) is 3.91. The van der Waals surface area contributed by atoms with Crippen molar-refractivity contribution in [2.45, 2.75) is 32.2 Å². The first-order chi connectivity index (χ1) is 9.76. The molecule has 3 heteroatoms. The van der Waals surface area contributed by atoms with Crippen LogP contribution in [0.5, 0.6) is 5.75 Å². The van der Waals surface area contributed by atoms with Gasteiger partial charge in [0.15, 0.2) is 0 Å². The van der Waals surface area contributed by atoms with E-state index >= 15 is 0 Å². The van der Waals surface area contributed by atoms with Gasteiger partial charge in [-0.25, -0.2) is 4.98 Å². The molecule has 0 saturated heterocycles. The maximum Gasteiger partial charge on any atom is 0.126 e. The SMILES string of the molecule is COc1ccc(C(C)Nc2ccc3c(n2)CCC3)cc1. The molecule has 0 aliphatic heterocycles. The number of methoxy groups -OCH3 is 1. The van der Waals surface area contributed by atoms with E-state index in [1.165, 1.54) is 29.7 Å². The number of benzene rings is 1. The molecule has 1 unspecified atom stereocenters. The summed E-state index contributed by atoms with van der Waals surface area (Å²) in [5.41, 5.74) is 3.90. The lowest BCUT2D eigenvalue weighted by atomic mass is 10.1. The van der Waals surface area contributed by atoms with Gasteiger partial charge in [0.05, 0.1) is 7.11 Å². The van der Waals surface area contributed by atoms with Crippen LogP contribution in [-0.4, -0.2) is 12.1 Å². The standard InChI is InChI=1S/C17H20N2O/c1-12(13-6-9-15(20-2)10-7-13)18-17-11-8-14-4-3-5-16(14)19-17/h6-12H,3-5H2,1-2H3,(H,18,19). The number of nitrogens with one attached hydrogen (secondary N) is 1. The third kappa shape index (κ3) is 2.62. The molecule has 3 rings (SSSR count). The van der Waals surface area contributed by atoms with E-state index in [1.807, 2.05) is 12.1 Å². The van der Waals surface area contributed by atoms with E-state index in [0.29, 0.717) is 0 Å². The quantitative estimate of drug-likeness (QED) is 0.917. The highest BCUT2D eigenvalue weighted by Gasteiger charge is 2.13. The molecule has 0 fully saturated rings. The summed E-state index contributed by atoms with van der Waals surface area (Å²) in [6.07, 6.45) is 3.53.